The van der Waals surface area contributed by atoms with Crippen LogP contribution >= 0.6 is 0 Å². The van der Waals surface area contributed by atoms with Crippen molar-refractivity contribution in [1.82, 2.24) is 10.3 Å². The quantitative estimate of drug-likeness (QED) is 0.715. The first-order chi connectivity index (χ1) is 13.2. The topological polar surface area (TPSA) is 71.2 Å². The first-order valence-electron chi connectivity index (χ1n) is 10.2. The number of esters is 1. The van der Waals surface area contributed by atoms with E-state index in [-0.39, 0.29) is 24.5 Å². The summed E-state index contributed by atoms with van der Waals surface area (Å²) in [6.07, 6.45) is 12.0. The average Bonchev–Trinajstić information content (AvgIpc) is 3.05. The van der Waals surface area contributed by atoms with E-state index >= 15 is 0 Å². The van der Waals surface area contributed by atoms with Gasteiger partial charge in [0.2, 0.25) is 0 Å². The maximum absolute atomic E-state index is 12.0. The number of fused-ring (bicyclic) bond motifs is 1. The number of nitrogens with one attached hydrogen (secondary N) is 2. The molecule has 5 nitrogen and oxygen atoms in total. The van der Waals surface area contributed by atoms with E-state index in [1.54, 1.807) is 0 Å². The Morgan fingerprint density at radius 1 is 1.07 bits per heavy atom. The molecule has 27 heavy (non-hydrogen) atoms. The summed E-state index contributed by atoms with van der Waals surface area (Å²) in [4.78, 5) is 27.2. The zero-order valence-electron chi connectivity index (χ0n) is 16.0. The first-order valence-corrected chi connectivity index (χ1v) is 10.2. The van der Waals surface area contributed by atoms with E-state index in [1.807, 2.05) is 24.4 Å². The van der Waals surface area contributed by atoms with Crippen LogP contribution in [-0.2, 0) is 20.7 Å². The Labute approximate surface area is 160 Å². The van der Waals surface area contributed by atoms with Gasteiger partial charge in [0.15, 0.2) is 6.61 Å². The van der Waals surface area contributed by atoms with Gasteiger partial charge in [0.05, 0.1) is 0 Å². The molecular weight excluding hydrogens is 340 g/mol. The third-order valence-electron chi connectivity index (χ3n) is 5.34. The van der Waals surface area contributed by atoms with Crippen molar-refractivity contribution in [3.8, 4) is 0 Å². The molecule has 1 heterocycles. The molecule has 0 atom stereocenters. The number of amides is 1. The van der Waals surface area contributed by atoms with Crippen LogP contribution in [0.1, 0.15) is 63.4 Å². The van der Waals surface area contributed by atoms with Gasteiger partial charge in [-0.15, -0.1) is 0 Å². The summed E-state index contributed by atoms with van der Waals surface area (Å²) in [7, 11) is 0. The van der Waals surface area contributed by atoms with Crippen LogP contribution in [0.5, 0.6) is 0 Å². The molecule has 1 fully saturated rings. The molecule has 0 unspecified atom stereocenters. The van der Waals surface area contributed by atoms with Crippen molar-refractivity contribution in [3.05, 3.63) is 36.0 Å². The SMILES string of the molecule is O=C(COC(=O)CCCc1c[nH]c2ccccc12)NC1CCCCCCC1. The smallest absolute Gasteiger partial charge is 0.306 e. The van der Waals surface area contributed by atoms with Crippen LogP contribution < -0.4 is 5.32 Å². The molecule has 5 heteroatoms. The molecule has 1 aliphatic carbocycles. The number of rotatable bonds is 7. The lowest BCUT2D eigenvalue weighted by Gasteiger charge is -2.20. The largest absolute Gasteiger partial charge is 0.456 e. The second-order valence-electron chi connectivity index (χ2n) is 7.48. The maximum Gasteiger partial charge on any atom is 0.306 e. The van der Waals surface area contributed by atoms with Gasteiger partial charge in [-0.3, -0.25) is 9.59 Å². The summed E-state index contributed by atoms with van der Waals surface area (Å²) >= 11 is 0. The fourth-order valence-electron chi connectivity index (χ4n) is 3.85. The molecule has 1 aromatic heterocycles. The van der Waals surface area contributed by atoms with Gasteiger partial charge >= 0.3 is 5.97 Å². The number of benzene rings is 1. The minimum absolute atomic E-state index is 0.164. The van der Waals surface area contributed by atoms with Crippen molar-refractivity contribution in [2.24, 2.45) is 0 Å². The van der Waals surface area contributed by atoms with E-state index in [4.69, 9.17) is 4.74 Å². The number of ether oxygens (including phenoxy) is 1. The molecule has 1 amide bonds. The number of H-pyrrole nitrogens is 1. The number of para-hydroxylation sites is 1. The standard InChI is InChI=1S/C22H30N2O3/c25-21(24-18-10-4-2-1-3-5-11-18)16-27-22(26)14-8-9-17-15-23-20-13-7-6-12-19(17)20/h6-7,12-13,15,18,23H,1-5,8-11,14,16H2,(H,24,25). The van der Waals surface area contributed by atoms with E-state index < -0.39 is 0 Å². The normalized spacial score (nSPS) is 15.9. The first kappa shape index (κ1) is 19.5. The Morgan fingerprint density at radius 3 is 2.63 bits per heavy atom. The average molecular weight is 370 g/mol. The summed E-state index contributed by atoms with van der Waals surface area (Å²) in [6.45, 7) is -0.164. The zero-order valence-corrected chi connectivity index (χ0v) is 16.0. The van der Waals surface area contributed by atoms with Crippen molar-refractivity contribution in [2.75, 3.05) is 6.61 Å². The van der Waals surface area contributed by atoms with Gasteiger partial charge in [0, 0.05) is 29.6 Å². The number of aromatic nitrogens is 1. The van der Waals surface area contributed by atoms with Crippen LogP contribution in [-0.4, -0.2) is 29.5 Å². The molecule has 2 aromatic rings. The van der Waals surface area contributed by atoms with Crippen molar-refractivity contribution in [2.45, 2.75) is 70.3 Å². The van der Waals surface area contributed by atoms with Gasteiger partial charge in [-0.2, -0.15) is 0 Å². The van der Waals surface area contributed by atoms with Crippen molar-refractivity contribution >= 4 is 22.8 Å². The third kappa shape index (κ3) is 6.12. The summed E-state index contributed by atoms with van der Waals surface area (Å²) in [5.41, 5.74) is 2.32. The summed E-state index contributed by atoms with van der Waals surface area (Å²) in [5, 5.41) is 4.22. The molecule has 2 N–H and O–H groups in total. The maximum atomic E-state index is 12.0. The van der Waals surface area contributed by atoms with E-state index in [2.05, 4.69) is 16.4 Å². The van der Waals surface area contributed by atoms with Gasteiger partial charge in [0.25, 0.3) is 5.91 Å². The van der Waals surface area contributed by atoms with Crippen LogP contribution in [0.4, 0.5) is 0 Å². The second kappa shape index (κ2) is 10.1. The van der Waals surface area contributed by atoms with E-state index in [9.17, 15) is 9.59 Å². The second-order valence-corrected chi connectivity index (χ2v) is 7.48. The van der Waals surface area contributed by atoms with Crippen molar-refractivity contribution in [3.63, 3.8) is 0 Å². The van der Waals surface area contributed by atoms with Crippen molar-refractivity contribution < 1.29 is 14.3 Å². The van der Waals surface area contributed by atoms with Crippen LogP contribution in [0.25, 0.3) is 10.9 Å². The minimum Gasteiger partial charge on any atom is -0.456 e. The van der Waals surface area contributed by atoms with E-state index in [0.29, 0.717) is 12.8 Å². The highest BCUT2D eigenvalue weighted by Crippen LogP contribution is 2.19. The Morgan fingerprint density at radius 2 is 1.81 bits per heavy atom. The van der Waals surface area contributed by atoms with Crippen molar-refractivity contribution in [1.29, 1.82) is 0 Å². The van der Waals surface area contributed by atoms with E-state index in [1.165, 1.54) is 43.1 Å². The lowest BCUT2D eigenvalue weighted by molar-refractivity contribution is -0.148. The van der Waals surface area contributed by atoms with Gasteiger partial charge in [0.1, 0.15) is 0 Å². The molecule has 1 aromatic carbocycles. The molecule has 1 aliphatic rings. The fourth-order valence-corrected chi connectivity index (χ4v) is 3.85. The number of carbonyl (C=O) groups excluding carboxylic acids is 2. The van der Waals surface area contributed by atoms with E-state index in [0.717, 1.165) is 24.8 Å². The summed E-state index contributed by atoms with van der Waals surface area (Å²) in [5.74, 6) is -0.479. The molecule has 0 saturated heterocycles. The monoisotopic (exact) mass is 370 g/mol. The summed E-state index contributed by atoms with van der Waals surface area (Å²) in [6, 6.07) is 8.38. The molecule has 0 radical (unpaired) electrons. The fraction of sp³-hybridized carbons (Fsp3) is 0.545. The Bertz CT molecular complexity index is 745. The Kier molecular flexibility index (Phi) is 7.31. The summed E-state index contributed by atoms with van der Waals surface area (Å²) < 4.78 is 5.15. The Hall–Kier alpha value is -2.30. The van der Waals surface area contributed by atoms with Gasteiger partial charge in [-0.25, -0.2) is 0 Å². The number of aromatic amines is 1. The lowest BCUT2D eigenvalue weighted by Crippen LogP contribution is -2.38. The highest BCUT2D eigenvalue weighted by Gasteiger charge is 2.15. The number of carbonyl (C=O) groups is 2. The molecule has 0 spiro atoms. The molecule has 3 rings (SSSR count). The predicted molar refractivity (Wildman–Crippen MR) is 106 cm³/mol. The minimum atomic E-state index is -0.303. The lowest BCUT2D eigenvalue weighted by atomic mass is 9.97. The third-order valence-corrected chi connectivity index (χ3v) is 5.34. The molecular formula is C22H30N2O3. The van der Waals surface area contributed by atoms with Crippen LogP contribution in [0.3, 0.4) is 0 Å². The predicted octanol–water partition coefficient (Wildman–Crippen LogP) is 4.26. The number of hydrogen-bond acceptors (Lipinski definition) is 3. The highest BCUT2D eigenvalue weighted by atomic mass is 16.5. The number of aryl methyl sites for hydroxylation is 1. The molecule has 0 aliphatic heterocycles. The van der Waals surface area contributed by atoms with Gasteiger partial charge < -0.3 is 15.0 Å². The molecule has 146 valence electrons. The van der Waals surface area contributed by atoms with Gasteiger partial charge in [-0.1, -0.05) is 50.3 Å². The molecule has 0 bridgehead atoms. The molecule has 1 saturated carbocycles. The Balaban J connectivity index is 1.33. The number of hydrogen-bond donors (Lipinski definition) is 2. The van der Waals surface area contributed by atoms with Crippen LogP contribution in [0.2, 0.25) is 0 Å². The van der Waals surface area contributed by atoms with Crippen LogP contribution in [0.15, 0.2) is 30.5 Å². The van der Waals surface area contributed by atoms with Crippen LogP contribution in [0, 0.1) is 0 Å². The zero-order chi connectivity index (χ0) is 18.9. The van der Waals surface area contributed by atoms with Gasteiger partial charge in [-0.05, 0) is 37.3 Å². The highest BCUT2D eigenvalue weighted by molar-refractivity contribution is 5.83.